The van der Waals surface area contributed by atoms with E-state index >= 15 is 0 Å². The van der Waals surface area contributed by atoms with Crippen LogP contribution in [0.1, 0.15) is 27.0 Å². The van der Waals surface area contributed by atoms with Gasteiger partial charge in [-0.05, 0) is 47.7 Å². The van der Waals surface area contributed by atoms with Gasteiger partial charge in [-0.3, -0.25) is 9.59 Å². The molecule has 25 heavy (non-hydrogen) atoms. The quantitative estimate of drug-likeness (QED) is 0.536. The van der Waals surface area contributed by atoms with Gasteiger partial charge in [0, 0.05) is 5.39 Å². The van der Waals surface area contributed by atoms with E-state index in [1.165, 1.54) is 35.6 Å². The molecule has 0 saturated carbocycles. The average Bonchev–Trinajstić information content (AvgIpc) is 3.01. The van der Waals surface area contributed by atoms with Crippen LogP contribution in [0.3, 0.4) is 0 Å². The highest BCUT2D eigenvalue weighted by molar-refractivity contribution is 7.16. The van der Waals surface area contributed by atoms with Crippen LogP contribution in [0.4, 0.5) is 13.2 Å². The first-order valence-corrected chi connectivity index (χ1v) is 8.15. The normalized spacial score (nSPS) is 12.2. The number of nitrogens with one attached hydrogen (secondary N) is 1. The summed E-state index contributed by atoms with van der Waals surface area (Å²) in [5.41, 5.74) is -0.177. The molecule has 0 amide bonds. The highest BCUT2D eigenvalue weighted by Gasteiger charge is 2.29. The van der Waals surface area contributed by atoms with Gasteiger partial charge in [0.15, 0.2) is 5.78 Å². The van der Waals surface area contributed by atoms with Crippen molar-refractivity contribution in [1.29, 1.82) is 0 Å². The topological polar surface area (TPSA) is 49.9 Å². The highest BCUT2D eigenvalue weighted by atomic mass is 32.1. The molecule has 0 atom stereocenters. The SMILES string of the molecule is Cc1c(C(=O)/C=C/c2ccc(C(F)(F)F)cc2)c(=O)[nH]c2sccc12. The maximum atomic E-state index is 12.5. The lowest BCUT2D eigenvalue weighted by molar-refractivity contribution is -0.137. The minimum absolute atomic E-state index is 0.0362. The third-order valence-electron chi connectivity index (χ3n) is 3.81. The van der Waals surface area contributed by atoms with Crippen LogP contribution in [0.2, 0.25) is 0 Å². The second kappa shape index (κ2) is 6.33. The van der Waals surface area contributed by atoms with Crippen LogP contribution in [-0.2, 0) is 6.18 Å². The van der Waals surface area contributed by atoms with Gasteiger partial charge in [0.1, 0.15) is 4.83 Å². The number of benzene rings is 1. The van der Waals surface area contributed by atoms with E-state index in [9.17, 15) is 22.8 Å². The van der Waals surface area contributed by atoms with Gasteiger partial charge < -0.3 is 4.98 Å². The Kier molecular flexibility index (Phi) is 4.34. The average molecular weight is 363 g/mol. The summed E-state index contributed by atoms with van der Waals surface area (Å²) in [6, 6.07) is 6.25. The molecular formula is C18H12F3NO2S. The smallest absolute Gasteiger partial charge is 0.313 e. The standard InChI is InChI=1S/C18H12F3NO2S/c1-10-13-8-9-25-17(13)22-16(24)15(10)14(23)7-4-11-2-5-12(6-3-11)18(19,20)21/h2-9H,1H3,(H,22,24)/b7-4+. The molecule has 0 saturated heterocycles. The Hall–Kier alpha value is -2.67. The summed E-state index contributed by atoms with van der Waals surface area (Å²) in [6.45, 7) is 1.70. The molecule has 0 aliphatic carbocycles. The molecule has 0 bridgehead atoms. The zero-order valence-corrected chi connectivity index (χ0v) is 13.8. The summed E-state index contributed by atoms with van der Waals surface area (Å²) in [4.78, 5) is 27.9. The maximum absolute atomic E-state index is 12.5. The molecular weight excluding hydrogens is 351 g/mol. The van der Waals surface area contributed by atoms with Gasteiger partial charge in [0.05, 0.1) is 11.1 Å². The molecule has 0 spiro atoms. The number of fused-ring (bicyclic) bond motifs is 1. The Morgan fingerprint density at radius 3 is 2.48 bits per heavy atom. The number of aromatic amines is 1. The van der Waals surface area contributed by atoms with Crippen LogP contribution in [0, 0.1) is 6.92 Å². The number of alkyl halides is 3. The van der Waals surface area contributed by atoms with Crippen LogP contribution >= 0.6 is 11.3 Å². The van der Waals surface area contributed by atoms with Crippen molar-refractivity contribution in [2.45, 2.75) is 13.1 Å². The molecule has 3 rings (SSSR count). The summed E-state index contributed by atoms with van der Waals surface area (Å²) < 4.78 is 37.6. The summed E-state index contributed by atoms with van der Waals surface area (Å²) in [7, 11) is 0. The summed E-state index contributed by atoms with van der Waals surface area (Å²) in [5, 5.41) is 2.62. The number of carbonyl (C=O) groups is 1. The number of aromatic nitrogens is 1. The van der Waals surface area contributed by atoms with Crippen molar-refractivity contribution in [3.63, 3.8) is 0 Å². The van der Waals surface area contributed by atoms with Crippen molar-refractivity contribution in [2.75, 3.05) is 0 Å². The van der Waals surface area contributed by atoms with Crippen molar-refractivity contribution in [1.82, 2.24) is 4.98 Å². The highest BCUT2D eigenvalue weighted by Crippen LogP contribution is 2.29. The zero-order valence-electron chi connectivity index (χ0n) is 13.0. The van der Waals surface area contributed by atoms with E-state index in [1.54, 1.807) is 6.92 Å². The molecule has 0 aliphatic heterocycles. The van der Waals surface area contributed by atoms with Crippen LogP contribution in [0.25, 0.3) is 16.3 Å². The Bertz CT molecular complexity index is 1030. The van der Waals surface area contributed by atoms with Gasteiger partial charge in [-0.15, -0.1) is 11.3 Å². The second-order valence-electron chi connectivity index (χ2n) is 5.43. The van der Waals surface area contributed by atoms with E-state index in [1.807, 2.05) is 11.4 Å². The van der Waals surface area contributed by atoms with E-state index in [4.69, 9.17) is 0 Å². The maximum Gasteiger partial charge on any atom is 0.416 e. The largest absolute Gasteiger partial charge is 0.416 e. The summed E-state index contributed by atoms with van der Waals surface area (Å²) >= 11 is 1.37. The Labute approximate surface area is 144 Å². The molecule has 1 aromatic carbocycles. The van der Waals surface area contributed by atoms with Gasteiger partial charge in [0.2, 0.25) is 0 Å². The van der Waals surface area contributed by atoms with Gasteiger partial charge in [0.25, 0.3) is 5.56 Å². The van der Waals surface area contributed by atoms with Crippen molar-refractivity contribution >= 4 is 33.4 Å². The molecule has 0 unspecified atom stereocenters. The number of aryl methyl sites for hydroxylation is 1. The molecule has 0 radical (unpaired) electrons. The first-order valence-electron chi connectivity index (χ1n) is 7.27. The zero-order chi connectivity index (χ0) is 18.2. The van der Waals surface area contributed by atoms with Gasteiger partial charge >= 0.3 is 6.18 Å². The van der Waals surface area contributed by atoms with Crippen LogP contribution in [0.5, 0.6) is 0 Å². The molecule has 3 aromatic rings. The number of pyridine rings is 1. The molecule has 128 valence electrons. The van der Waals surface area contributed by atoms with E-state index in [-0.39, 0.29) is 5.56 Å². The van der Waals surface area contributed by atoms with Gasteiger partial charge in [-0.1, -0.05) is 18.2 Å². The van der Waals surface area contributed by atoms with Crippen molar-refractivity contribution in [3.05, 3.63) is 74.4 Å². The fraction of sp³-hybridized carbons (Fsp3) is 0.111. The number of hydrogen-bond donors (Lipinski definition) is 1. The molecule has 3 nitrogen and oxygen atoms in total. The number of thiophene rings is 1. The Balaban J connectivity index is 1.90. The molecule has 1 N–H and O–H groups in total. The van der Waals surface area contributed by atoms with E-state index < -0.39 is 23.1 Å². The number of H-pyrrole nitrogens is 1. The van der Waals surface area contributed by atoms with E-state index in [2.05, 4.69) is 4.98 Å². The first kappa shape index (κ1) is 17.2. The molecule has 0 aliphatic rings. The monoisotopic (exact) mass is 363 g/mol. The van der Waals surface area contributed by atoms with Gasteiger partial charge in [-0.2, -0.15) is 13.2 Å². The Morgan fingerprint density at radius 2 is 1.84 bits per heavy atom. The third kappa shape index (κ3) is 3.41. The first-order chi connectivity index (χ1) is 11.8. The van der Waals surface area contributed by atoms with Gasteiger partial charge in [-0.25, -0.2) is 0 Å². The lowest BCUT2D eigenvalue weighted by Crippen LogP contribution is -2.18. The predicted octanol–water partition coefficient (Wildman–Crippen LogP) is 4.81. The number of halogens is 3. The number of ketones is 1. The summed E-state index contributed by atoms with van der Waals surface area (Å²) in [6.07, 6.45) is -1.82. The third-order valence-corrected chi connectivity index (χ3v) is 4.64. The molecule has 7 heteroatoms. The van der Waals surface area contributed by atoms with E-state index in [0.717, 1.165) is 17.5 Å². The predicted molar refractivity (Wildman–Crippen MR) is 92.0 cm³/mol. The van der Waals surface area contributed by atoms with Crippen LogP contribution in [0.15, 0.2) is 46.6 Å². The Morgan fingerprint density at radius 1 is 1.16 bits per heavy atom. The lowest BCUT2D eigenvalue weighted by atomic mass is 10.0. The number of hydrogen-bond acceptors (Lipinski definition) is 3. The molecule has 2 heterocycles. The van der Waals surface area contributed by atoms with Crippen molar-refractivity contribution in [3.8, 4) is 0 Å². The van der Waals surface area contributed by atoms with E-state index in [0.29, 0.717) is 16.0 Å². The second-order valence-corrected chi connectivity index (χ2v) is 6.35. The number of carbonyl (C=O) groups excluding carboxylic acids is 1. The minimum atomic E-state index is -4.40. The van der Waals surface area contributed by atoms with Crippen molar-refractivity contribution in [2.24, 2.45) is 0 Å². The lowest BCUT2D eigenvalue weighted by Gasteiger charge is -2.06. The van der Waals surface area contributed by atoms with Crippen LogP contribution < -0.4 is 5.56 Å². The number of allylic oxidation sites excluding steroid dienone is 1. The molecule has 0 fully saturated rings. The minimum Gasteiger partial charge on any atom is -0.313 e. The fourth-order valence-electron chi connectivity index (χ4n) is 2.51. The summed E-state index contributed by atoms with van der Waals surface area (Å²) in [5.74, 6) is -0.494. The number of rotatable bonds is 3. The molecule has 2 aromatic heterocycles. The van der Waals surface area contributed by atoms with Crippen molar-refractivity contribution < 1.29 is 18.0 Å². The van der Waals surface area contributed by atoms with Crippen LogP contribution in [-0.4, -0.2) is 10.8 Å². The fourth-order valence-corrected chi connectivity index (χ4v) is 3.35.